The average molecular weight is 256 g/mol. The fourth-order valence-electron chi connectivity index (χ4n) is 2.08. The van der Waals surface area contributed by atoms with Gasteiger partial charge in [-0.15, -0.1) is 0 Å². The number of hydrogen-bond donors (Lipinski definition) is 1. The maximum atomic E-state index is 6.10. The summed E-state index contributed by atoms with van der Waals surface area (Å²) in [6.07, 6.45) is 5.59. The van der Waals surface area contributed by atoms with Crippen LogP contribution in [0.2, 0.25) is 5.15 Å². The highest BCUT2D eigenvalue weighted by Crippen LogP contribution is 2.28. The number of nitrogens with one attached hydrogen (secondary N) is 1. The van der Waals surface area contributed by atoms with E-state index in [0.29, 0.717) is 5.15 Å². The van der Waals surface area contributed by atoms with Crippen LogP contribution in [0.1, 0.15) is 52.5 Å². The summed E-state index contributed by atoms with van der Waals surface area (Å²) in [5.74, 6) is 0.887. The predicted molar refractivity (Wildman–Crippen MR) is 73.6 cm³/mol. The highest BCUT2D eigenvalue weighted by atomic mass is 35.5. The Hall–Kier alpha value is -0.830. The molecule has 0 saturated heterocycles. The Bertz CT molecular complexity index is 353. The third kappa shape index (κ3) is 3.09. The van der Waals surface area contributed by atoms with E-state index in [1.807, 2.05) is 0 Å². The monoisotopic (exact) mass is 255 g/mol. The highest BCUT2D eigenvalue weighted by molar-refractivity contribution is 6.30. The van der Waals surface area contributed by atoms with Crippen molar-refractivity contribution in [1.29, 1.82) is 0 Å². The molecule has 0 atom stereocenters. The number of rotatable bonds is 6. The SMILES string of the molecule is CCc1c(Cl)ncnc1NC(CC)(CC)CC. The van der Waals surface area contributed by atoms with Crippen molar-refractivity contribution in [3.05, 3.63) is 17.0 Å². The molecule has 0 amide bonds. The summed E-state index contributed by atoms with van der Waals surface area (Å²) in [6, 6.07) is 0. The fraction of sp³-hybridized carbons (Fsp3) is 0.692. The second-order valence-electron chi connectivity index (χ2n) is 4.31. The molecular formula is C13H22ClN3. The molecule has 0 saturated carbocycles. The zero-order chi connectivity index (χ0) is 12.9. The van der Waals surface area contributed by atoms with E-state index < -0.39 is 0 Å². The van der Waals surface area contributed by atoms with Crippen molar-refractivity contribution in [1.82, 2.24) is 9.97 Å². The summed E-state index contributed by atoms with van der Waals surface area (Å²) in [5, 5.41) is 4.12. The number of aromatic nitrogens is 2. The van der Waals surface area contributed by atoms with Crippen LogP contribution < -0.4 is 5.32 Å². The molecule has 0 aliphatic heterocycles. The predicted octanol–water partition coefficient (Wildman–Crippen LogP) is 4.07. The minimum absolute atomic E-state index is 0.113. The lowest BCUT2D eigenvalue weighted by Gasteiger charge is -2.33. The van der Waals surface area contributed by atoms with Gasteiger partial charge < -0.3 is 5.32 Å². The number of halogens is 1. The first kappa shape index (κ1) is 14.2. The number of hydrogen-bond acceptors (Lipinski definition) is 3. The highest BCUT2D eigenvalue weighted by Gasteiger charge is 2.25. The summed E-state index contributed by atoms with van der Waals surface area (Å²) < 4.78 is 0. The van der Waals surface area contributed by atoms with Crippen molar-refractivity contribution in [2.24, 2.45) is 0 Å². The largest absolute Gasteiger partial charge is 0.364 e. The van der Waals surface area contributed by atoms with Crippen molar-refractivity contribution < 1.29 is 0 Å². The summed E-state index contributed by atoms with van der Waals surface area (Å²) in [6.45, 7) is 8.68. The van der Waals surface area contributed by atoms with Gasteiger partial charge >= 0.3 is 0 Å². The van der Waals surface area contributed by atoms with E-state index in [4.69, 9.17) is 11.6 Å². The molecule has 0 radical (unpaired) electrons. The molecule has 1 rings (SSSR count). The topological polar surface area (TPSA) is 37.8 Å². The molecule has 0 fully saturated rings. The van der Waals surface area contributed by atoms with E-state index in [9.17, 15) is 0 Å². The lowest BCUT2D eigenvalue weighted by Crippen LogP contribution is -2.36. The van der Waals surface area contributed by atoms with Gasteiger partial charge in [0.15, 0.2) is 0 Å². The summed E-state index contributed by atoms with van der Waals surface area (Å²) in [5.41, 5.74) is 1.12. The van der Waals surface area contributed by atoms with Crippen molar-refractivity contribution in [3.8, 4) is 0 Å². The van der Waals surface area contributed by atoms with Crippen molar-refractivity contribution in [3.63, 3.8) is 0 Å². The zero-order valence-corrected chi connectivity index (χ0v) is 11.9. The van der Waals surface area contributed by atoms with E-state index in [1.54, 1.807) is 0 Å². The quantitative estimate of drug-likeness (QED) is 0.779. The van der Waals surface area contributed by atoms with E-state index >= 15 is 0 Å². The van der Waals surface area contributed by atoms with Crippen LogP contribution in [-0.4, -0.2) is 15.5 Å². The maximum absolute atomic E-state index is 6.10. The van der Waals surface area contributed by atoms with Gasteiger partial charge in [0.05, 0.1) is 0 Å². The lowest BCUT2D eigenvalue weighted by molar-refractivity contribution is 0.418. The Morgan fingerprint density at radius 2 is 1.71 bits per heavy atom. The van der Waals surface area contributed by atoms with E-state index in [0.717, 1.165) is 37.1 Å². The van der Waals surface area contributed by atoms with Gasteiger partial charge in [-0.3, -0.25) is 0 Å². The standard InChI is InChI=1S/C13H22ClN3/c1-5-10-11(14)15-9-16-12(10)17-13(6-2,7-3)8-4/h9H,5-8H2,1-4H3,(H,15,16,17). The van der Waals surface area contributed by atoms with Crippen LogP contribution in [0.4, 0.5) is 5.82 Å². The van der Waals surface area contributed by atoms with Crippen molar-refractivity contribution in [2.45, 2.75) is 58.9 Å². The molecule has 4 heteroatoms. The first-order valence-corrected chi connectivity index (χ1v) is 6.77. The Labute approximate surface area is 109 Å². The maximum Gasteiger partial charge on any atom is 0.137 e. The Kier molecular flexibility index (Phi) is 5.19. The molecule has 96 valence electrons. The molecule has 17 heavy (non-hydrogen) atoms. The third-order valence-electron chi connectivity index (χ3n) is 3.66. The van der Waals surface area contributed by atoms with Crippen LogP contribution in [0, 0.1) is 0 Å². The fourth-order valence-corrected chi connectivity index (χ4v) is 2.34. The molecular weight excluding hydrogens is 234 g/mol. The van der Waals surface area contributed by atoms with Crippen LogP contribution in [0.15, 0.2) is 6.33 Å². The van der Waals surface area contributed by atoms with Crippen molar-refractivity contribution >= 4 is 17.4 Å². The summed E-state index contributed by atoms with van der Waals surface area (Å²) >= 11 is 6.10. The molecule has 0 aliphatic rings. The van der Waals surface area contributed by atoms with Gasteiger partial charge in [0.25, 0.3) is 0 Å². The van der Waals surface area contributed by atoms with Gasteiger partial charge in [0, 0.05) is 11.1 Å². The molecule has 0 spiro atoms. The first-order chi connectivity index (χ1) is 8.12. The second kappa shape index (κ2) is 6.20. The molecule has 3 nitrogen and oxygen atoms in total. The second-order valence-corrected chi connectivity index (χ2v) is 4.67. The van der Waals surface area contributed by atoms with Gasteiger partial charge in [0.1, 0.15) is 17.3 Å². The van der Waals surface area contributed by atoms with E-state index in [2.05, 4.69) is 43.0 Å². The van der Waals surface area contributed by atoms with E-state index in [1.165, 1.54) is 6.33 Å². The molecule has 0 bridgehead atoms. The van der Waals surface area contributed by atoms with Gasteiger partial charge in [-0.2, -0.15) is 0 Å². The van der Waals surface area contributed by atoms with Crippen LogP contribution in [0.3, 0.4) is 0 Å². The average Bonchev–Trinajstić information content (AvgIpc) is 2.36. The minimum atomic E-state index is 0.113. The van der Waals surface area contributed by atoms with Gasteiger partial charge in [-0.05, 0) is 25.7 Å². The van der Waals surface area contributed by atoms with Gasteiger partial charge in [-0.1, -0.05) is 39.3 Å². The Morgan fingerprint density at radius 3 is 2.18 bits per heavy atom. The lowest BCUT2D eigenvalue weighted by atomic mass is 9.89. The van der Waals surface area contributed by atoms with Crippen molar-refractivity contribution in [2.75, 3.05) is 5.32 Å². The summed E-state index contributed by atoms with van der Waals surface area (Å²) in [7, 11) is 0. The van der Waals surface area contributed by atoms with Crippen LogP contribution in [-0.2, 0) is 6.42 Å². The molecule has 1 aromatic heterocycles. The molecule has 0 unspecified atom stereocenters. The van der Waals surface area contributed by atoms with Gasteiger partial charge in [0.2, 0.25) is 0 Å². The van der Waals surface area contributed by atoms with Crippen LogP contribution in [0.25, 0.3) is 0 Å². The Morgan fingerprint density at radius 1 is 1.12 bits per heavy atom. The molecule has 1 N–H and O–H groups in total. The van der Waals surface area contributed by atoms with Crippen LogP contribution in [0.5, 0.6) is 0 Å². The van der Waals surface area contributed by atoms with Gasteiger partial charge in [-0.25, -0.2) is 9.97 Å². The molecule has 0 aliphatic carbocycles. The third-order valence-corrected chi connectivity index (χ3v) is 3.99. The molecule has 1 aromatic rings. The summed E-state index contributed by atoms with van der Waals surface area (Å²) in [4.78, 5) is 8.36. The molecule has 0 aromatic carbocycles. The number of nitrogens with zero attached hydrogens (tertiary/aromatic N) is 2. The van der Waals surface area contributed by atoms with Crippen LogP contribution >= 0.6 is 11.6 Å². The number of anilines is 1. The normalized spacial score (nSPS) is 11.6. The Balaban J connectivity index is 3.05. The first-order valence-electron chi connectivity index (χ1n) is 6.40. The molecule has 1 heterocycles. The van der Waals surface area contributed by atoms with E-state index in [-0.39, 0.29) is 5.54 Å². The minimum Gasteiger partial charge on any atom is -0.364 e. The zero-order valence-electron chi connectivity index (χ0n) is 11.2. The smallest absolute Gasteiger partial charge is 0.137 e.